The number of benzene rings is 1. The fourth-order valence-electron chi connectivity index (χ4n) is 4.62. The number of amidine groups is 2. The molecule has 4 heterocycles. The molecule has 1 fully saturated rings. The van der Waals surface area contributed by atoms with Crippen molar-refractivity contribution in [3.63, 3.8) is 0 Å². The Balaban J connectivity index is 1.42. The van der Waals surface area contributed by atoms with Gasteiger partial charge >= 0.3 is 6.18 Å². The first kappa shape index (κ1) is 25.0. The van der Waals surface area contributed by atoms with Crippen molar-refractivity contribution in [2.24, 2.45) is 10.1 Å². The number of carbonyl (C=O) groups is 2. The number of rotatable bonds is 4. The molecule has 1 saturated heterocycles. The molecule has 0 spiro atoms. The van der Waals surface area contributed by atoms with Gasteiger partial charge in [0.1, 0.15) is 5.04 Å². The number of alkyl halides is 3. The Morgan fingerprint density at radius 2 is 1.92 bits per heavy atom. The van der Waals surface area contributed by atoms with Crippen molar-refractivity contribution >= 4 is 45.7 Å². The highest BCUT2D eigenvalue weighted by molar-refractivity contribution is 8.27. The smallest absolute Gasteiger partial charge is 0.342 e. The van der Waals surface area contributed by atoms with Gasteiger partial charge in [-0.3, -0.25) is 15.0 Å². The van der Waals surface area contributed by atoms with Gasteiger partial charge in [0.05, 0.1) is 17.6 Å². The van der Waals surface area contributed by atoms with Gasteiger partial charge in [0, 0.05) is 30.2 Å². The predicted octanol–water partition coefficient (Wildman–Crippen LogP) is 4.74. The molecule has 0 radical (unpaired) electrons. The first-order valence-corrected chi connectivity index (χ1v) is 12.5. The molecule has 1 aromatic carbocycles. The third-order valence-corrected chi connectivity index (χ3v) is 7.37. The van der Waals surface area contributed by atoms with Gasteiger partial charge in [0.15, 0.2) is 5.84 Å². The van der Waals surface area contributed by atoms with E-state index in [0.29, 0.717) is 27.7 Å². The summed E-state index contributed by atoms with van der Waals surface area (Å²) >= 11 is 1.10. The van der Waals surface area contributed by atoms with Gasteiger partial charge in [-0.15, -0.1) is 0 Å². The maximum absolute atomic E-state index is 13.2. The van der Waals surface area contributed by atoms with Gasteiger partial charge in [-0.1, -0.05) is 6.07 Å². The second-order valence-corrected chi connectivity index (χ2v) is 10.0. The minimum absolute atomic E-state index is 0.00418. The molecule has 3 aliphatic heterocycles. The van der Waals surface area contributed by atoms with Crippen LogP contribution in [0.25, 0.3) is 11.8 Å². The Hall–Kier alpha value is -3.67. The molecule has 0 aliphatic carbocycles. The van der Waals surface area contributed by atoms with E-state index in [-0.39, 0.29) is 28.9 Å². The van der Waals surface area contributed by atoms with Crippen LogP contribution in [-0.4, -0.2) is 55.4 Å². The molecule has 0 bridgehead atoms. The van der Waals surface area contributed by atoms with Crippen LogP contribution in [0.15, 0.2) is 46.0 Å². The number of thioether (sulfide) groups is 1. The molecule has 1 aromatic heterocycles. The van der Waals surface area contributed by atoms with E-state index in [0.717, 1.165) is 49.8 Å². The van der Waals surface area contributed by atoms with E-state index < -0.39 is 17.6 Å². The van der Waals surface area contributed by atoms with Crippen molar-refractivity contribution in [2.45, 2.75) is 39.3 Å². The summed E-state index contributed by atoms with van der Waals surface area (Å²) in [6.45, 7) is 4.94. The molecule has 3 aliphatic rings. The Morgan fingerprint density at radius 1 is 1.19 bits per heavy atom. The van der Waals surface area contributed by atoms with Crippen LogP contribution in [-0.2, 0) is 15.8 Å². The zero-order chi connectivity index (χ0) is 26.5. The van der Waals surface area contributed by atoms with Gasteiger partial charge in [-0.2, -0.15) is 28.3 Å². The average Bonchev–Trinajstić information content (AvgIpc) is 3.56. The summed E-state index contributed by atoms with van der Waals surface area (Å²) in [6.07, 6.45) is -0.928. The zero-order valence-corrected chi connectivity index (χ0v) is 20.9. The Kier molecular flexibility index (Phi) is 6.30. The fraction of sp³-hybridized carbons (Fsp3) is 0.320. The maximum Gasteiger partial charge on any atom is 0.416 e. The van der Waals surface area contributed by atoms with E-state index in [1.807, 2.05) is 0 Å². The molecule has 0 unspecified atom stereocenters. The third kappa shape index (κ3) is 4.73. The molecular formula is C25H23F3N6O2S. The second-order valence-electron chi connectivity index (χ2n) is 8.99. The first-order valence-electron chi connectivity index (χ1n) is 11.7. The van der Waals surface area contributed by atoms with Crippen LogP contribution in [0.2, 0.25) is 0 Å². The zero-order valence-electron chi connectivity index (χ0n) is 20.1. The van der Waals surface area contributed by atoms with Gasteiger partial charge < -0.3 is 9.47 Å². The topological polar surface area (TPSA) is 94.1 Å². The lowest BCUT2D eigenvalue weighted by Gasteiger charge is -2.20. The minimum Gasteiger partial charge on any atom is -0.342 e. The standard InChI is InChI=1S/C25H23F3N6O2S/c1-14-10-16(15(2)33(14)18-7-5-6-17(12-18)25(26,27)28)11-19-22(29)34-24(30-23(19)36)37-20(31-34)13-21(35)32-8-3-4-9-32/h5-7,10-12,29H,3-4,8-9,13H2,1-2H3. The number of amides is 2. The van der Waals surface area contributed by atoms with Gasteiger partial charge in [-0.25, -0.2) is 0 Å². The second kappa shape index (κ2) is 9.33. The summed E-state index contributed by atoms with van der Waals surface area (Å²) in [5, 5.41) is 14.9. The normalized spacial score (nSPS) is 19.0. The molecule has 2 aromatic rings. The number of hydrogen-bond donors (Lipinski definition) is 1. The van der Waals surface area contributed by atoms with Crippen molar-refractivity contribution < 1.29 is 22.8 Å². The van der Waals surface area contributed by atoms with E-state index in [4.69, 9.17) is 5.41 Å². The van der Waals surface area contributed by atoms with Crippen molar-refractivity contribution in [1.29, 1.82) is 5.41 Å². The van der Waals surface area contributed by atoms with Crippen LogP contribution in [0.3, 0.4) is 0 Å². The van der Waals surface area contributed by atoms with E-state index in [1.165, 1.54) is 17.2 Å². The lowest BCUT2D eigenvalue weighted by atomic mass is 10.1. The summed E-state index contributed by atoms with van der Waals surface area (Å²) in [5.74, 6) is -0.829. The number of hydrogen-bond acceptors (Lipinski definition) is 5. The third-order valence-electron chi connectivity index (χ3n) is 6.46. The number of aliphatic imine (C=N–C) groups is 1. The molecule has 0 atom stereocenters. The van der Waals surface area contributed by atoms with E-state index in [9.17, 15) is 22.8 Å². The first-order chi connectivity index (χ1) is 17.5. The largest absolute Gasteiger partial charge is 0.416 e. The van der Waals surface area contributed by atoms with Gasteiger partial charge in [0.25, 0.3) is 5.91 Å². The Morgan fingerprint density at radius 3 is 2.62 bits per heavy atom. The molecule has 2 amide bonds. The van der Waals surface area contributed by atoms with Crippen molar-refractivity contribution in [3.8, 4) is 5.69 Å². The van der Waals surface area contributed by atoms with Crippen molar-refractivity contribution in [2.75, 3.05) is 13.1 Å². The average molecular weight is 529 g/mol. The highest BCUT2D eigenvalue weighted by Gasteiger charge is 2.37. The summed E-state index contributed by atoms with van der Waals surface area (Å²) < 4.78 is 41.4. The molecule has 8 nitrogen and oxygen atoms in total. The van der Waals surface area contributed by atoms with Crippen LogP contribution in [0.5, 0.6) is 0 Å². The molecule has 192 valence electrons. The number of carbonyl (C=O) groups excluding carboxylic acids is 2. The van der Waals surface area contributed by atoms with Gasteiger partial charge in [-0.05, 0) is 74.4 Å². The highest BCUT2D eigenvalue weighted by Crippen LogP contribution is 2.33. The number of hydrazone groups is 1. The molecule has 1 N–H and O–H groups in total. The minimum atomic E-state index is -4.47. The number of fused-ring (bicyclic) bond motifs is 1. The Labute approximate surface area is 215 Å². The van der Waals surface area contributed by atoms with Crippen LogP contribution in [0, 0.1) is 19.3 Å². The quantitative estimate of drug-likeness (QED) is 0.580. The predicted molar refractivity (Wildman–Crippen MR) is 136 cm³/mol. The number of aromatic nitrogens is 1. The van der Waals surface area contributed by atoms with E-state index in [1.54, 1.807) is 35.4 Å². The number of aryl methyl sites for hydroxylation is 1. The van der Waals surface area contributed by atoms with E-state index in [2.05, 4.69) is 10.1 Å². The molecule has 37 heavy (non-hydrogen) atoms. The molecule has 12 heteroatoms. The van der Waals surface area contributed by atoms with Crippen LogP contribution in [0.4, 0.5) is 13.2 Å². The number of nitrogens with zero attached hydrogens (tertiary/aromatic N) is 5. The number of halogens is 3. The molecule has 0 saturated carbocycles. The summed E-state index contributed by atoms with van der Waals surface area (Å²) in [7, 11) is 0. The fourth-order valence-corrected chi connectivity index (χ4v) is 5.49. The van der Waals surface area contributed by atoms with Crippen LogP contribution >= 0.6 is 11.8 Å². The summed E-state index contributed by atoms with van der Waals surface area (Å²) in [5.41, 5.74) is 1.43. The summed E-state index contributed by atoms with van der Waals surface area (Å²) in [6, 6.07) is 6.76. The lowest BCUT2D eigenvalue weighted by Crippen LogP contribution is -2.35. The number of likely N-dealkylation sites (tertiary alicyclic amines) is 1. The Bertz CT molecular complexity index is 1420. The molecule has 5 rings (SSSR count). The number of nitrogens with one attached hydrogen (secondary N) is 1. The van der Waals surface area contributed by atoms with E-state index >= 15 is 0 Å². The summed E-state index contributed by atoms with van der Waals surface area (Å²) in [4.78, 5) is 31.2. The van der Waals surface area contributed by atoms with Gasteiger partial charge in [0.2, 0.25) is 11.1 Å². The van der Waals surface area contributed by atoms with Crippen LogP contribution < -0.4 is 0 Å². The van der Waals surface area contributed by atoms with Crippen molar-refractivity contribution in [1.82, 2.24) is 14.5 Å². The van der Waals surface area contributed by atoms with Crippen molar-refractivity contribution in [3.05, 3.63) is 58.4 Å². The maximum atomic E-state index is 13.2. The monoisotopic (exact) mass is 528 g/mol. The lowest BCUT2D eigenvalue weighted by molar-refractivity contribution is -0.137. The SMILES string of the molecule is Cc1cc(C=C2C(=N)N3N=C(CC(=O)N4CCCC4)SC3=NC2=O)c(C)n1-c1cccc(C(F)(F)F)c1. The molecular weight excluding hydrogens is 505 g/mol. The van der Waals surface area contributed by atoms with Crippen LogP contribution in [0.1, 0.15) is 41.8 Å². The highest BCUT2D eigenvalue weighted by atomic mass is 32.2.